The molecule has 0 unspecified atom stereocenters. The summed E-state index contributed by atoms with van der Waals surface area (Å²) in [5.41, 5.74) is 1.61. The van der Waals surface area contributed by atoms with Crippen LogP contribution in [-0.2, 0) is 21.2 Å². The van der Waals surface area contributed by atoms with Crippen molar-refractivity contribution >= 4 is 33.2 Å². The zero-order valence-electron chi connectivity index (χ0n) is 14.5. The Labute approximate surface area is 157 Å². The molecule has 2 aromatic carbocycles. The molecule has 0 aliphatic rings. The number of amides is 1. The number of hydrogen-bond acceptors (Lipinski definition) is 3. The Morgan fingerprint density at radius 2 is 1.88 bits per heavy atom. The van der Waals surface area contributed by atoms with Gasteiger partial charge in [-0.25, -0.2) is 12.8 Å². The van der Waals surface area contributed by atoms with Crippen molar-refractivity contribution in [1.29, 1.82) is 0 Å². The molecule has 2 rings (SSSR count). The second-order valence-corrected chi connectivity index (χ2v) is 8.29. The molecular formula is C18H20ClFN2O3S. The number of rotatable bonds is 7. The third-order valence-corrected chi connectivity index (χ3v) is 5.58. The number of hydrogen-bond donors (Lipinski definition) is 1. The van der Waals surface area contributed by atoms with Crippen molar-refractivity contribution < 1.29 is 17.6 Å². The standard InChI is InChI=1S/C18H20ClFN2O3S/c1-13-15(19)7-5-9-17(13)21-18(23)12-22(26(2,24)25)11-10-14-6-3-4-8-16(14)20/h3-9H,10-12H2,1-2H3,(H,21,23). The summed E-state index contributed by atoms with van der Waals surface area (Å²) in [6.07, 6.45) is 1.19. The van der Waals surface area contributed by atoms with Gasteiger partial charge in [-0.1, -0.05) is 35.9 Å². The van der Waals surface area contributed by atoms with E-state index in [0.29, 0.717) is 21.8 Å². The molecule has 0 aliphatic heterocycles. The third kappa shape index (κ3) is 5.52. The summed E-state index contributed by atoms with van der Waals surface area (Å²) in [7, 11) is -3.63. The molecule has 140 valence electrons. The van der Waals surface area contributed by atoms with Gasteiger partial charge in [-0.2, -0.15) is 4.31 Å². The molecule has 8 heteroatoms. The van der Waals surface area contributed by atoms with Crippen LogP contribution in [0.25, 0.3) is 0 Å². The van der Waals surface area contributed by atoms with Gasteiger partial charge >= 0.3 is 0 Å². The molecule has 26 heavy (non-hydrogen) atoms. The van der Waals surface area contributed by atoms with E-state index < -0.39 is 21.7 Å². The van der Waals surface area contributed by atoms with Crippen LogP contribution in [-0.4, -0.2) is 38.0 Å². The average molecular weight is 399 g/mol. The minimum absolute atomic E-state index is 0.00170. The van der Waals surface area contributed by atoms with E-state index in [4.69, 9.17) is 11.6 Å². The second-order valence-electron chi connectivity index (χ2n) is 5.90. The van der Waals surface area contributed by atoms with Crippen molar-refractivity contribution in [1.82, 2.24) is 4.31 Å². The van der Waals surface area contributed by atoms with E-state index >= 15 is 0 Å². The predicted molar refractivity (Wildman–Crippen MR) is 101 cm³/mol. The molecule has 2 aromatic rings. The molecule has 0 saturated carbocycles. The third-order valence-electron chi connectivity index (χ3n) is 3.92. The zero-order chi connectivity index (χ0) is 19.3. The van der Waals surface area contributed by atoms with Crippen LogP contribution < -0.4 is 5.32 Å². The normalized spacial score (nSPS) is 11.6. The van der Waals surface area contributed by atoms with Crippen molar-refractivity contribution in [3.05, 3.63) is 64.4 Å². The highest BCUT2D eigenvalue weighted by atomic mass is 35.5. The second kappa shape index (κ2) is 8.62. The molecule has 0 saturated heterocycles. The largest absolute Gasteiger partial charge is 0.325 e. The van der Waals surface area contributed by atoms with Gasteiger partial charge in [0.2, 0.25) is 15.9 Å². The lowest BCUT2D eigenvalue weighted by Gasteiger charge is -2.20. The van der Waals surface area contributed by atoms with Crippen LogP contribution in [0.3, 0.4) is 0 Å². The van der Waals surface area contributed by atoms with Gasteiger partial charge < -0.3 is 5.32 Å². The first-order chi connectivity index (χ1) is 12.2. The number of anilines is 1. The van der Waals surface area contributed by atoms with Crippen LogP contribution in [0, 0.1) is 12.7 Å². The fourth-order valence-corrected chi connectivity index (χ4v) is 3.35. The first-order valence-corrected chi connectivity index (χ1v) is 10.1. The number of carbonyl (C=O) groups excluding carboxylic acids is 1. The van der Waals surface area contributed by atoms with E-state index in [9.17, 15) is 17.6 Å². The van der Waals surface area contributed by atoms with Gasteiger partial charge in [-0.3, -0.25) is 4.79 Å². The van der Waals surface area contributed by atoms with Gasteiger partial charge in [0.1, 0.15) is 5.82 Å². The average Bonchev–Trinajstić information content (AvgIpc) is 2.56. The van der Waals surface area contributed by atoms with E-state index in [1.54, 1.807) is 43.3 Å². The van der Waals surface area contributed by atoms with Crippen LogP contribution in [0.1, 0.15) is 11.1 Å². The summed E-state index contributed by atoms with van der Waals surface area (Å²) in [6.45, 7) is 1.39. The summed E-state index contributed by atoms with van der Waals surface area (Å²) in [4.78, 5) is 12.3. The van der Waals surface area contributed by atoms with Crippen molar-refractivity contribution in [3.63, 3.8) is 0 Å². The van der Waals surface area contributed by atoms with Crippen LogP contribution in [0.4, 0.5) is 10.1 Å². The van der Waals surface area contributed by atoms with Crippen molar-refractivity contribution in [3.8, 4) is 0 Å². The molecule has 0 fully saturated rings. The molecule has 0 atom stereocenters. The van der Waals surface area contributed by atoms with Crippen LogP contribution in [0.5, 0.6) is 0 Å². The quantitative estimate of drug-likeness (QED) is 0.778. The van der Waals surface area contributed by atoms with Gasteiger partial charge in [-0.05, 0) is 42.7 Å². The lowest BCUT2D eigenvalue weighted by Crippen LogP contribution is -2.38. The van der Waals surface area contributed by atoms with E-state index in [0.717, 1.165) is 10.6 Å². The zero-order valence-corrected chi connectivity index (χ0v) is 16.1. The highest BCUT2D eigenvalue weighted by Gasteiger charge is 2.21. The maximum Gasteiger partial charge on any atom is 0.239 e. The Bertz CT molecular complexity index is 903. The van der Waals surface area contributed by atoms with Crippen LogP contribution in [0.15, 0.2) is 42.5 Å². The summed E-state index contributed by atoms with van der Waals surface area (Å²) >= 11 is 6.01. The van der Waals surface area contributed by atoms with Gasteiger partial charge in [0.15, 0.2) is 0 Å². The molecule has 1 amide bonds. The Balaban J connectivity index is 2.07. The Kier molecular flexibility index (Phi) is 6.75. The Hall–Kier alpha value is -1.96. The lowest BCUT2D eigenvalue weighted by molar-refractivity contribution is -0.116. The number of halogens is 2. The highest BCUT2D eigenvalue weighted by molar-refractivity contribution is 7.88. The molecule has 0 aromatic heterocycles. The van der Waals surface area contributed by atoms with Crippen LogP contribution in [0.2, 0.25) is 5.02 Å². The maximum absolute atomic E-state index is 13.7. The predicted octanol–water partition coefficient (Wildman–Crippen LogP) is 3.23. The van der Waals surface area contributed by atoms with Gasteiger partial charge in [0, 0.05) is 17.3 Å². The van der Waals surface area contributed by atoms with E-state index in [-0.39, 0.29) is 19.5 Å². The van der Waals surface area contributed by atoms with Crippen molar-refractivity contribution in [2.45, 2.75) is 13.3 Å². The smallest absolute Gasteiger partial charge is 0.239 e. The molecule has 0 bridgehead atoms. The molecular weight excluding hydrogens is 379 g/mol. The first-order valence-electron chi connectivity index (χ1n) is 7.92. The van der Waals surface area contributed by atoms with Gasteiger partial charge in [0.05, 0.1) is 12.8 Å². The summed E-state index contributed by atoms with van der Waals surface area (Å²) in [5, 5.41) is 3.16. The minimum Gasteiger partial charge on any atom is -0.325 e. The Morgan fingerprint density at radius 3 is 2.54 bits per heavy atom. The summed E-state index contributed by atoms with van der Waals surface area (Å²) in [5.74, 6) is -0.894. The van der Waals surface area contributed by atoms with Gasteiger partial charge in [-0.15, -0.1) is 0 Å². The SMILES string of the molecule is Cc1c(Cl)cccc1NC(=O)CN(CCc1ccccc1F)S(C)(=O)=O. The molecule has 0 radical (unpaired) electrons. The maximum atomic E-state index is 13.7. The molecule has 5 nitrogen and oxygen atoms in total. The van der Waals surface area contributed by atoms with Crippen molar-refractivity contribution in [2.24, 2.45) is 0 Å². The van der Waals surface area contributed by atoms with E-state index in [1.807, 2.05) is 0 Å². The number of sulfonamides is 1. The number of nitrogens with zero attached hydrogens (tertiary/aromatic N) is 1. The van der Waals surface area contributed by atoms with E-state index in [2.05, 4.69) is 5.32 Å². The fourth-order valence-electron chi connectivity index (χ4n) is 2.40. The summed E-state index contributed by atoms with van der Waals surface area (Å²) < 4.78 is 38.7. The first kappa shape index (κ1) is 20.4. The number of nitrogens with one attached hydrogen (secondary N) is 1. The molecule has 0 spiro atoms. The Morgan fingerprint density at radius 1 is 1.19 bits per heavy atom. The highest BCUT2D eigenvalue weighted by Crippen LogP contribution is 2.22. The van der Waals surface area contributed by atoms with Gasteiger partial charge in [0.25, 0.3) is 0 Å². The number of benzene rings is 2. The minimum atomic E-state index is -3.63. The lowest BCUT2D eigenvalue weighted by atomic mass is 10.1. The van der Waals surface area contributed by atoms with Crippen LogP contribution >= 0.6 is 11.6 Å². The van der Waals surface area contributed by atoms with Crippen molar-refractivity contribution in [2.75, 3.05) is 24.7 Å². The summed E-state index contributed by atoms with van der Waals surface area (Å²) in [6, 6.07) is 11.2. The van der Waals surface area contributed by atoms with E-state index in [1.165, 1.54) is 6.07 Å². The monoisotopic (exact) mass is 398 g/mol. The molecule has 1 N–H and O–H groups in total. The topological polar surface area (TPSA) is 66.5 Å². The fraction of sp³-hybridized carbons (Fsp3) is 0.278. The number of carbonyl (C=O) groups is 1. The molecule has 0 heterocycles. The molecule has 0 aliphatic carbocycles.